The Hall–Kier alpha value is -0.620. The van der Waals surface area contributed by atoms with Gasteiger partial charge in [0.15, 0.2) is 0 Å². The normalized spacial score (nSPS) is 29.9. The van der Waals surface area contributed by atoms with Gasteiger partial charge in [-0.25, -0.2) is 8.42 Å². The van der Waals surface area contributed by atoms with Crippen molar-refractivity contribution in [3.63, 3.8) is 0 Å². The van der Waals surface area contributed by atoms with Crippen LogP contribution in [-0.2, 0) is 14.6 Å². The molecule has 0 radical (unpaired) electrons. The van der Waals surface area contributed by atoms with E-state index in [1.54, 1.807) is 0 Å². The minimum atomic E-state index is -3.03. The lowest BCUT2D eigenvalue weighted by atomic mass is 9.74. The Kier molecular flexibility index (Phi) is 4.55. The van der Waals surface area contributed by atoms with Gasteiger partial charge < -0.3 is 11.1 Å². The highest BCUT2D eigenvalue weighted by molar-refractivity contribution is 7.90. The predicted octanol–water partition coefficient (Wildman–Crippen LogP) is 0.0548. The summed E-state index contributed by atoms with van der Waals surface area (Å²) in [4.78, 5) is 11.9. The fourth-order valence-electron chi connectivity index (χ4n) is 2.27. The molecule has 0 saturated heterocycles. The van der Waals surface area contributed by atoms with Gasteiger partial charge in [0.25, 0.3) is 0 Å². The fraction of sp³-hybridized carbons (Fsp3) is 0.909. The molecule has 0 aromatic carbocycles. The van der Waals surface area contributed by atoms with E-state index < -0.39 is 15.4 Å². The van der Waals surface area contributed by atoms with Crippen LogP contribution in [0, 0.1) is 5.92 Å². The summed E-state index contributed by atoms with van der Waals surface area (Å²) in [5.41, 5.74) is 5.64. The molecule has 0 aromatic rings. The third-order valence-corrected chi connectivity index (χ3v) is 4.29. The first-order valence-corrected chi connectivity index (χ1v) is 8.03. The van der Waals surface area contributed by atoms with Crippen LogP contribution in [-0.4, -0.2) is 38.4 Å². The van der Waals surface area contributed by atoms with Crippen LogP contribution >= 0.6 is 0 Å². The minimum Gasteiger partial charge on any atom is -0.355 e. The van der Waals surface area contributed by atoms with Gasteiger partial charge in [-0.1, -0.05) is 12.8 Å². The average Bonchev–Trinajstić information content (AvgIpc) is 2.14. The van der Waals surface area contributed by atoms with Crippen LogP contribution in [0.1, 0.15) is 32.6 Å². The van der Waals surface area contributed by atoms with E-state index in [1.165, 1.54) is 0 Å². The number of carbonyl (C=O) groups excluding carboxylic acids is 1. The number of amides is 1. The van der Waals surface area contributed by atoms with E-state index in [-0.39, 0.29) is 24.1 Å². The second-order valence-corrected chi connectivity index (χ2v) is 7.48. The lowest BCUT2D eigenvalue weighted by Gasteiger charge is -2.37. The topological polar surface area (TPSA) is 89.3 Å². The maximum Gasteiger partial charge on any atom is 0.224 e. The quantitative estimate of drug-likeness (QED) is 0.749. The molecule has 0 aliphatic heterocycles. The van der Waals surface area contributed by atoms with Crippen molar-refractivity contribution < 1.29 is 13.2 Å². The Morgan fingerprint density at radius 2 is 2.12 bits per heavy atom. The Morgan fingerprint density at radius 1 is 1.47 bits per heavy atom. The van der Waals surface area contributed by atoms with Crippen molar-refractivity contribution in [3.8, 4) is 0 Å². The lowest BCUT2D eigenvalue weighted by Crippen LogP contribution is -2.53. The summed E-state index contributed by atoms with van der Waals surface area (Å²) in [5, 5.41) is 2.67. The monoisotopic (exact) mass is 262 g/mol. The SMILES string of the molecule is CC1(N)CCCCC1C(=O)NCCS(C)(=O)=O. The summed E-state index contributed by atoms with van der Waals surface area (Å²) in [6, 6.07) is 0. The number of nitrogens with one attached hydrogen (secondary N) is 1. The van der Waals surface area contributed by atoms with E-state index in [9.17, 15) is 13.2 Å². The Labute approximate surface area is 103 Å². The van der Waals surface area contributed by atoms with Crippen molar-refractivity contribution in [1.82, 2.24) is 5.32 Å². The molecule has 0 aromatic heterocycles. The van der Waals surface area contributed by atoms with Gasteiger partial charge in [0, 0.05) is 18.3 Å². The zero-order chi connectivity index (χ0) is 13.1. The van der Waals surface area contributed by atoms with Gasteiger partial charge in [0.05, 0.1) is 11.7 Å². The largest absolute Gasteiger partial charge is 0.355 e. The summed E-state index contributed by atoms with van der Waals surface area (Å²) in [6.07, 6.45) is 4.86. The molecular formula is C11H22N2O3S. The molecule has 6 heteroatoms. The summed E-state index contributed by atoms with van der Waals surface area (Å²) in [5.74, 6) is -0.332. The Balaban J connectivity index is 2.47. The molecule has 100 valence electrons. The maximum atomic E-state index is 11.9. The van der Waals surface area contributed by atoms with Crippen molar-refractivity contribution in [2.24, 2.45) is 11.7 Å². The third-order valence-electron chi connectivity index (χ3n) is 3.34. The highest BCUT2D eigenvalue weighted by atomic mass is 32.2. The van der Waals surface area contributed by atoms with Gasteiger partial charge in [0.2, 0.25) is 5.91 Å². The van der Waals surface area contributed by atoms with Crippen LogP contribution in [0.15, 0.2) is 0 Å². The zero-order valence-corrected chi connectivity index (χ0v) is 11.3. The van der Waals surface area contributed by atoms with E-state index in [1.807, 2.05) is 6.92 Å². The number of nitrogens with two attached hydrogens (primary N) is 1. The van der Waals surface area contributed by atoms with Gasteiger partial charge in [-0.3, -0.25) is 4.79 Å². The third kappa shape index (κ3) is 4.63. The Morgan fingerprint density at radius 3 is 2.65 bits per heavy atom. The minimum absolute atomic E-state index is 0.0211. The molecule has 2 atom stereocenters. The first-order chi connectivity index (χ1) is 7.72. The standard InChI is InChI=1S/C11H22N2O3S/c1-11(12)6-4-3-5-9(11)10(14)13-7-8-17(2,15)16/h9H,3-8,12H2,1-2H3,(H,13,14). The van der Waals surface area contributed by atoms with Crippen molar-refractivity contribution in [1.29, 1.82) is 0 Å². The van der Waals surface area contributed by atoms with Gasteiger partial charge in [-0.2, -0.15) is 0 Å². The molecule has 1 aliphatic rings. The smallest absolute Gasteiger partial charge is 0.224 e. The molecule has 3 N–H and O–H groups in total. The molecule has 17 heavy (non-hydrogen) atoms. The van der Waals surface area contributed by atoms with Crippen LogP contribution < -0.4 is 11.1 Å². The van der Waals surface area contributed by atoms with Crippen molar-refractivity contribution in [3.05, 3.63) is 0 Å². The molecule has 0 heterocycles. The van der Waals surface area contributed by atoms with Crippen molar-refractivity contribution in [2.75, 3.05) is 18.6 Å². The molecule has 1 amide bonds. The summed E-state index contributed by atoms with van der Waals surface area (Å²) >= 11 is 0. The average molecular weight is 262 g/mol. The van der Waals surface area contributed by atoms with Crippen LogP contribution in [0.4, 0.5) is 0 Å². The van der Waals surface area contributed by atoms with Crippen molar-refractivity contribution in [2.45, 2.75) is 38.1 Å². The van der Waals surface area contributed by atoms with E-state index in [4.69, 9.17) is 5.73 Å². The van der Waals surface area contributed by atoms with Gasteiger partial charge >= 0.3 is 0 Å². The second kappa shape index (κ2) is 5.35. The van der Waals surface area contributed by atoms with E-state index in [0.29, 0.717) is 0 Å². The van der Waals surface area contributed by atoms with Crippen LogP contribution in [0.5, 0.6) is 0 Å². The second-order valence-electron chi connectivity index (χ2n) is 5.23. The number of hydrogen-bond acceptors (Lipinski definition) is 4. The van der Waals surface area contributed by atoms with Gasteiger partial charge in [-0.05, 0) is 19.8 Å². The van der Waals surface area contributed by atoms with Crippen LogP contribution in [0.3, 0.4) is 0 Å². The fourth-order valence-corrected chi connectivity index (χ4v) is 2.74. The molecule has 0 bridgehead atoms. The van der Waals surface area contributed by atoms with Crippen LogP contribution in [0.25, 0.3) is 0 Å². The number of hydrogen-bond donors (Lipinski definition) is 2. The van der Waals surface area contributed by atoms with E-state index in [2.05, 4.69) is 5.32 Å². The number of rotatable bonds is 4. The first kappa shape index (κ1) is 14.4. The summed E-state index contributed by atoms with van der Waals surface area (Å²) in [7, 11) is -3.03. The maximum absolute atomic E-state index is 11.9. The molecule has 0 spiro atoms. The van der Waals surface area contributed by atoms with Crippen molar-refractivity contribution >= 4 is 15.7 Å². The molecule has 2 unspecified atom stereocenters. The lowest BCUT2D eigenvalue weighted by molar-refractivity contribution is -0.127. The van der Waals surface area contributed by atoms with E-state index >= 15 is 0 Å². The highest BCUT2D eigenvalue weighted by Gasteiger charge is 2.37. The Bertz CT molecular complexity index is 376. The molecule has 1 fully saturated rings. The number of sulfone groups is 1. The summed E-state index contributed by atoms with van der Waals surface area (Å²) < 4.78 is 21.9. The molecule has 5 nitrogen and oxygen atoms in total. The molecule has 1 aliphatic carbocycles. The van der Waals surface area contributed by atoms with Gasteiger partial charge in [0.1, 0.15) is 9.84 Å². The molecule has 1 saturated carbocycles. The van der Waals surface area contributed by atoms with Gasteiger partial charge in [-0.15, -0.1) is 0 Å². The van der Waals surface area contributed by atoms with E-state index in [0.717, 1.165) is 31.9 Å². The van der Waals surface area contributed by atoms with Crippen LogP contribution in [0.2, 0.25) is 0 Å². The molecule has 1 rings (SSSR count). The first-order valence-electron chi connectivity index (χ1n) is 5.97. The highest BCUT2D eigenvalue weighted by Crippen LogP contribution is 2.31. The number of carbonyl (C=O) groups is 1. The molecular weight excluding hydrogens is 240 g/mol. The predicted molar refractivity (Wildman–Crippen MR) is 67.3 cm³/mol. The zero-order valence-electron chi connectivity index (χ0n) is 10.5. The summed E-state index contributed by atoms with van der Waals surface area (Å²) in [6.45, 7) is 2.07.